The fraction of sp³-hybridized carbons (Fsp3) is 1.00. The lowest BCUT2D eigenvalue weighted by atomic mass is 10.7. The van der Waals surface area contributed by atoms with Crippen LogP contribution in [0.2, 0.25) is 0 Å². The highest BCUT2D eigenvalue weighted by atomic mass is 32.2. The van der Waals surface area contributed by atoms with E-state index in [9.17, 15) is 30.4 Å². The van der Waals surface area contributed by atoms with E-state index in [0.29, 0.717) is 0 Å². The Morgan fingerprint density at radius 1 is 1.31 bits per heavy atom. The summed E-state index contributed by atoms with van der Waals surface area (Å²) in [5.74, 6) is -0.201. The molecular weight excluding hydrogens is 223 g/mol. The summed E-state index contributed by atoms with van der Waals surface area (Å²) in [6.07, 6.45) is -9.53. The largest absolute Gasteiger partial charge is 0.450 e. The van der Waals surface area contributed by atoms with Crippen molar-refractivity contribution in [2.45, 2.75) is 19.5 Å². The maximum Gasteiger partial charge on any atom is 0.450 e. The molecule has 0 aliphatic heterocycles. The predicted molar refractivity (Wildman–Crippen MR) is 34.1 cm³/mol. The van der Waals surface area contributed by atoms with Crippen LogP contribution in [-0.2, 0) is 10.1 Å². The molecule has 1 N–H and O–H groups in total. The van der Waals surface area contributed by atoms with Crippen LogP contribution in [-0.4, -0.2) is 31.3 Å². The molecule has 0 spiro atoms. The Bertz CT molecular complexity index is 218. The summed E-state index contributed by atoms with van der Waals surface area (Å²) in [6, 6.07) is 0. The van der Waals surface area contributed by atoms with Crippen molar-refractivity contribution in [1.29, 1.82) is 0 Å². The molecule has 0 bridgehead atoms. The minimum absolute atomic E-state index is 0.201. The van der Waals surface area contributed by atoms with E-state index in [-0.39, 0.29) is 5.75 Å². The average Bonchev–Trinajstić information content (AvgIpc) is 1.85. The van der Waals surface area contributed by atoms with Crippen LogP contribution in [0.5, 0.6) is 0 Å². The molecule has 0 fully saturated rings. The van der Waals surface area contributed by atoms with Gasteiger partial charge in [0.1, 0.15) is 0 Å². The Morgan fingerprint density at radius 3 is 1.46 bits per heavy atom. The number of halogens is 5. The molecule has 82 valence electrons. The van der Waals surface area contributed by atoms with Gasteiger partial charge in [0.2, 0.25) is 0 Å². The molecular formula is C4H7F5O3S. The molecule has 0 aromatic rings. The predicted octanol–water partition coefficient (Wildman–Crippen LogP) is 1.71. The zero-order valence-corrected chi connectivity index (χ0v) is 7.16. The first kappa shape index (κ1) is 15.1. The smallest absolute Gasteiger partial charge is 0.286 e. The number of rotatable bonds is 1. The van der Waals surface area contributed by atoms with E-state index in [1.54, 1.807) is 0 Å². The molecule has 0 aliphatic carbocycles. The van der Waals surface area contributed by atoms with Crippen molar-refractivity contribution >= 4 is 10.1 Å². The molecule has 0 saturated carbocycles. The lowest BCUT2D eigenvalue weighted by Crippen LogP contribution is -2.18. The summed E-state index contributed by atoms with van der Waals surface area (Å²) in [7, 11) is -3.66. The van der Waals surface area contributed by atoms with Gasteiger partial charge >= 0.3 is 12.6 Å². The second-order valence-corrected chi connectivity index (χ2v) is 3.45. The summed E-state index contributed by atoms with van der Waals surface area (Å²) in [5, 5.41) is 0. The van der Waals surface area contributed by atoms with Crippen LogP contribution in [0.3, 0.4) is 0 Å². The van der Waals surface area contributed by atoms with Gasteiger partial charge in [-0.3, -0.25) is 4.55 Å². The van der Waals surface area contributed by atoms with Gasteiger partial charge in [0.05, 0.1) is 5.75 Å². The first-order chi connectivity index (χ1) is 5.50. The molecule has 3 nitrogen and oxygen atoms in total. The quantitative estimate of drug-likeness (QED) is 0.551. The van der Waals surface area contributed by atoms with E-state index in [1.165, 1.54) is 6.92 Å². The normalized spacial score (nSPS) is 12.3. The monoisotopic (exact) mass is 230 g/mol. The SMILES string of the molecule is CCS(=O)(=O)O.FC(F)C(F)(F)F. The van der Waals surface area contributed by atoms with Gasteiger partial charge in [0, 0.05) is 0 Å². The number of alkyl halides is 5. The Kier molecular flexibility index (Phi) is 6.16. The Hall–Kier alpha value is -0.440. The van der Waals surface area contributed by atoms with Crippen LogP contribution in [0.15, 0.2) is 0 Å². The molecule has 0 aliphatic rings. The highest BCUT2D eigenvalue weighted by Crippen LogP contribution is 2.22. The summed E-state index contributed by atoms with van der Waals surface area (Å²) in [6.45, 7) is 1.37. The van der Waals surface area contributed by atoms with Gasteiger partial charge in [-0.25, -0.2) is 8.78 Å². The van der Waals surface area contributed by atoms with Crippen molar-refractivity contribution in [3.63, 3.8) is 0 Å². The zero-order valence-electron chi connectivity index (χ0n) is 6.35. The van der Waals surface area contributed by atoms with Crippen LogP contribution < -0.4 is 0 Å². The maximum absolute atomic E-state index is 10.4. The topological polar surface area (TPSA) is 54.4 Å². The lowest BCUT2D eigenvalue weighted by Gasteiger charge is -2.00. The number of hydrogen-bond acceptors (Lipinski definition) is 2. The van der Waals surface area contributed by atoms with E-state index < -0.39 is 22.7 Å². The molecule has 9 heteroatoms. The van der Waals surface area contributed by atoms with Crippen molar-refractivity contribution in [3.05, 3.63) is 0 Å². The van der Waals surface area contributed by atoms with Crippen LogP contribution in [0.1, 0.15) is 6.92 Å². The summed E-state index contributed by atoms with van der Waals surface area (Å²) in [4.78, 5) is 0. The highest BCUT2D eigenvalue weighted by Gasteiger charge is 2.40. The van der Waals surface area contributed by atoms with E-state index in [2.05, 4.69) is 0 Å². The third kappa shape index (κ3) is 14.4. The van der Waals surface area contributed by atoms with Crippen molar-refractivity contribution in [1.82, 2.24) is 0 Å². The van der Waals surface area contributed by atoms with Crippen LogP contribution in [0, 0.1) is 0 Å². The van der Waals surface area contributed by atoms with E-state index >= 15 is 0 Å². The summed E-state index contributed by atoms with van der Waals surface area (Å²) in [5.41, 5.74) is 0. The minimum Gasteiger partial charge on any atom is -0.286 e. The molecule has 0 aromatic carbocycles. The second-order valence-electron chi connectivity index (χ2n) is 1.71. The van der Waals surface area contributed by atoms with Crippen LogP contribution in [0.4, 0.5) is 22.0 Å². The van der Waals surface area contributed by atoms with Gasteiger partial charge in [-0.15, -0.1) is 0 Å². The van der Waals surface area contributed by atoms with Crippen molar-refractivity contribution in [2.75, 3.05) is 5.75 Å². The summed E-state index contributed by atoms with van der Waals surface area (Å²) >= 11 is 0. The summed E-state index contributed by atoms with van der Waals surface area (Å²) < 4.78 is 79.0. The standard InChI is InChI=1S/C2HF5.C2H6O3S/c3-1(4)2(5,6)7;1-2-6(3,4)5/h1H;2H2,1H3,(H,3,4,5). The third-order valence-corrected chi connectivity index (χ3v) is 1.34. The van der Waals surface area contributed by atoms with Gasteiger partial charge in [-0.05, 0) is 6.92 Å². The van der Waals surface area contributed by atoms with Gasteiger partial charge in [0.15, 0.2) is 0 Å². The van der Waals surface area contributed by atoms with Gasteiger partial charge in [-0.1, -0.05) is 0 Å². The first-order valence-electron chi connectivity index (χ1n) is 2.80. The van der Waals surface area contributed by atoms with Crippen LogP contribution >= 0.6 is 0 Å². The van der Waals surface area contributed by atoms with Gasteiger partial charge in [-0.2, -0.15) is 21.6 Å². The Morgan fingerprint density at radius 2 is 1.46 bits per heavy atom. The first-order valence-corrected chi connectivity index (χ1v) is 4.41. The zero-order chi connectivity index (χ0) is 11.3. The van der Waals surface area contributed by atoms with Crippen molar-refractivity contribution in [2.24, 2.45) is 0 Å². The number of hydrogen-bond donors (Lipinski definition) is 1. The Labute approximate surface area is 71.3 Å². The average molecular weight is 230 g/mol. The molecule has 0 saturated heterocycles. The van der Waals surface area contributed by atoms with Gasteiger partial charge in [0.25, 0.3) is 10.1 Å². The fourth-order valence-corrected chi connectivity index (χ4v) is 0. The van der Waals surface area contributed by atoms with Crippen molar-refractivity contribution < 1.29 is 34.9 Å². The molecule has 0 rings (SSSR count). The lowest BCUT2D eigenvalue weighted by molar-refractivity contribution is -0.219. The van der Waals surface area contributed by atoms with Crippen LogP contribution in [0.25, 0.3) is 0 Å². The fourth-order valence-electron chi connectivity index (χ4n) is 0. The van der Waals surface area contributed by atoms with Gasteiger partial charge < -0.3 is 0 Å². The molecule has 0 atom stereocenters. The Balaban J connectivity index is 0. The molecule has 0 aromatic heterocycles. The van der Waals surface area contributed by atoms with E-state index in [1.807, 2.05) is 0 Å². The minimum atomic E-state index is -5.33. The van der Waals surface area contributed by atoms with E-state index in [4.69, 9.17) is 4.55 Å². The second kappa shape index (κ2) is 5.32. The van der Waals surface area contributed by atoms with Crippen molar-refractivity contribution in [3.8, 4) is 0 Å². The molecule has 0 unspecified atom stereocenters. The molecule has 0 heterocycles. The highest BCUT2D eigenvalue weighted by molar-refractivity contribution is 7.85. The molecule has 13 heavy (non-hydrogen) atoms. The maximum atomic E-state index is 10.4. The molecule has 0 radical (unpaired) electrons. The molecule has 0 amide bonds. The third-order valence-electron chi connectivity index (χ3n) is 0.612. The van der Waals surface area contributed by atoms with E-state index in [0.717, 1.165) is 0 Å².